The molecule has 2 atom stereocenters. The minimum atomic E-state index is -0.586. The molecule has 1 aliphatic rings. The van der Waals surface area contributed by atoms with Crippen LogP contribution in [0.4, 0.5) is 0 Å². The maximum absolute atomic E-state index is 6.54. The molecule has 0 radical (unpaired) electrons. The van der Waals surface area contributed by atoms with Crippen LogP contribution in [-0.2, 0) is 15.9 Å². The second-order valence-electron chi connectivity index (χ2n) is 12.2. The summed E-state index contributed by atoms with van der Waals surface area (Å²) in [6.07, 6.45) is 21.2. The second-order valence-corrected chi connectivity index (χ2v) is 14.4. The summed E-state index contributed by atoms with van der Waals surface area (Å²) in [5.74, 6) is 0. The van der Waals surface area contributed by atoms with Crippen LogP contribution in [-0.4, -0.2) is 19.0 Å². The molecule has 3 aromatic carbocycles. The predicted molar refractivity (Wildman–Crippen MR) is 198 cm³/mol. The van der Waals surface area contributed by atoms with Crippen molar-refractivity contribution >= 4 is 40.8 Å². The van der Waals surface area contributed by atoms with Crippen molar-refractivity contribution in [2.24, 2.45) is 0 Å². The number of hydrogen-bond acceptors (Lipinski definition) is 2. The molecule has 0 aliphatic carbocycles. The molecule has 0 bridgehead atoms. The van der Waals surface area contributed by atoms with E-state index in [1.54, 1.807) is 0 Å². The van der Waals surface area contributed by atoms with Gasteiger partial charge in [0.1, 0.15) is 0 Å². The van der Waals surface area contributed by atoms with Gasteiger partial charge < -0.3 is 9.47 Å². The van der Waals surface area contributed by atoms with Gasteiger partial charge >= 0.3 is 0 Å². The average molecular weight is 680 g/mol. The number of allylic oxidation sites excluding steroid dienone is 1. The van der Waals surface area contributed by atoms with E-state index in [1.807, 2.05) is 0 Å². The Labute approximate surface area is 280 Å². The zero-order chi connectivity index (χ0) is 30.0. The molecule has 0 aromatic heterocycles. The number of aryl methyl sites for hydroxylation is 1. The maximum atomic E-state index is 6.54. The number of ether oxygens (including phenoxy) is 2. The minimum absolute atomic E-state index is 0. The van der Waals surface area contributed by atoms with Crippen molar-refractivity contribution < 1.29 is 9.47 Å². The molecule has 0 saturated carbocycles. The molecular formula is C40H56BrO2P. The average Bonchev–Trinajstić information content (AvgIpc) is 3.04. The minimum Gasteiger partial charge on any atom is -0.353 e. The fourth-order valence-electron chi connectivity index (χ4n) is 6.16. The van der Waals surface area contributed by atoms with E-state index in [0.717, 1.165) is 45.1 Å². The third kappa shape index (κ3) is 12.9. The summed E-state index contributed by atoms with van der Waals surface area (Å²) >= 11 is 0. The quantitative estimate of drug-likeness (QED) is 0.0713. The standard InChI is InChI=1S/C40H55O2P.BrH/c1-3-4-5-6-7-8-9-12-25-36(42-40-31-19-20-32-41-40)33-34(2)22-21-24-35-23-17-18-30-39(35)43(37-26-13-10-14-27-37)38-28-15-11-16-29-38;/h10-11,13-18,23,26-30,33,36,40H,3-9,12,19-22,24-25,31-32H2,1-2H3;1H/b34-33+;. The monoisotopic (exact) mass is 678 g/mol. The van der Waals surface area contributed by atoms with Crippen LogP contribution in [0.2, 0.25) is 0 Å². The maximum Gasteiger partial charge on any atom is 0.158 e. The highest BCUT2D eigenvalue weighted by atomic mass is 79.9. The molecule has 4 rings (SSSR count). The Hall–Kier alpha value is -1.77. The van der Waals surface area contributed by atoms with Crippen molar-refractivity contribution in [3.8, 4) is 0 Å². The van der Waals surface area contributed by atoms with E-state index in [2.05, 4.69) is 105 Å². The molecule has 4 heteroatoms. The first-order valence-corrected chi connectivity index (χ1v) is 18.5. The second kappa shape index (κ2) is 21.9. The lowest BCUT2D eigenvalue weighted by Crippen LogP contribution is -2.27. The summed E-state index contributed by atoms with van der Waals surface area (Å²) in [7, 11) is -0.586. The van der Waals surface area contributed by atoms with Gasteiger partial charge in [0.25, 0.3) is 0 Å². The van der Waals surface area contributed by atoms with Crippen LogP contribution in [0.25, 0.3) is 0 Å². The highest BCUT2D eigenvalue weighted by Crippen LogP contribution is 2.34. The van der Waals surface area contributed by atoms with Gasteiger partial charge in [-0.25, -0.2) is 0 Å². The third-order valence-corrected chi connectivity index (χ3v) is 11.1. The van der Waals surface area contributed by atoms with Crippen LogP contribution < -0.4 is 15.9 Å². The van der Waals surface area contributed by atoms with Crippen LogP contribution in [0.1, 0.15) is 109 Å². The number of benzene rings is 3. The van der Waals surface area contributed by atoms with Gasteiger partial charge in [-0.05, 0) is 81.3 Å². The molecule has 1 saturated heterocycles. The Morgan fingerprint density at radius 2 is 1.41 bits per heavy atom. The highest BCUT2D eigenvalue weighted by molar-refractivity contribution is 8.93. The Morgan fingerprint density at radius 3 is 2.05 bits per heavy atom. The normalized spacial score (nSPS) is 16.1. The predicted octanol–water partition coefficient (Wildman–Crippen LogP) is 10.7. The van der Waals surface area contributed by atoms with Crippen molar-refractivity contribution in [3.63, 3.8) is 0 Å². The van der Waals surface area contributed by atoms with Gasteiger partial charge in [-0.2, -0.15) is 0 Å². The zero-order valence-corrected chi connectivity index (χ0v) is 29.9. The van der Waals surface area contributed by atoms with E-state index < -0.39 is 7.92 Å². The van der Waals surface area contributed by atoms with Gasteiger partial charge in [-0.1, -0.05) is 155 Å². The molecule has 2 unspecified atom stereocenters. The molecule has 2 nitrogen and oxygen atoms in total. The number of rotatable bonds is 19. The van der Waals surface area contributed by atoms with Crippen molar-refractivity contribution in [2.75, 3.05) is 6.61 Å². The van der Waals surface area contributed by atoms with Gasteiger partial charge in [0.15, 0.2) is 6.29 Å². The molecule has 0 N–H and O–H groups in total. The van der Waals surface area contributed by atoms with Crippen LogP contribution in [0.15, 0.2) is 96.6 Å². The molecule has 1 heterocycles. The summed E-state index contributed by atoms with van der Waals surface area (Å²) < 4.78 is 12.5. The van der Waals surface area contributed by atoms with Crippen LogP contribution >= 0.6 is 24.9 Å². The highest BCUT2D eigenvalue weighted by Gasteiger charge is 2.20. The summed E-state index contributed by atoms with van der Waals surface area (Å²) in [5, 5.41) is 4.32. The molecule has 0 spiro atoms. The topological polar surface area (TPSA) is 18.5 Å². The summed E-state index contributed by atoms with van der Waals surface area (Å²) in [4.78, 5) is 0. The van der Waals surface area contributed by atoms with E-state index in [-0.39, 0.29) is 29.4 Å². The first-order valence-electron chi connectivity index (χ1n) is 17.2. The number of halogens is 1. The third-order valence-electron chi connectivity index (χ3n) is 8.56. The molecule has 44 heavy (non-hydrogen) atoms. The molecule has 1 fully saturated rings. The number of unbranched alkanes of at least 4 members (excludes halogenated alkanes) is 7. The van der Waals surface area contributed by atoms with Crippen molar-refractivity contribution in [3.05, 3.63) is 102 Å². The van der Waals surface area contributed by atoms with Crippen LogP contribution in [0.5, 0.6) is 0 Å². The smallest absolute Gasteiger partial charge is 0.158 e. The van der Waals surface area contributed by atoms with E-state index >= 15 is 0 Å². The summed E-state index contributed by atoms with van der Waals surface area (Å²) in [6, 6.07) is 31.3. The van der Waals surface area contributed by atoms with Gasteiger partial charge in [0, 0.05) is 6.61 Å². The lowest BCUT2D eigenvalue weighted by atomic mass is 10.0. The van der Waals surface area contributed by atoms with Crippen molar-refractivity contribution in [1.82, 2.24) is 0 Å². The van der Waals surface area contributed by atoms with E-state index in [9.17, 15) is 0 Å². The molecule has 3 aromatic rings. The Morgan fingerprint density at radius 1 is 0.795 bits per heavy atom. The first kappa shape index (κ1) is 36.7. The molecule has 0 amide bonds. The summed E-state index contributed by atoms with van der Waals surface area (Å²) in [6.45, 7) is 5.43. The number of hydrogen-bond donors (Lipinski definition) is 0. The van der Waals surface area contributed by atoms with Crippen molar-refractivity contribution in [2.45, 2.75) is 123 Å². The lowest BCUT2D eigenvalue weighted by Gasteiger charge is -2.27. The van der Waals surface area contributed by atoms with Gasteiger partial charge in [0.05, 0.1) is 6.10 Å². The van der Waals surface area contributed by atoms with E-state index in [4.69, 9.17) is 9.47 Å². The molecule has 1 aliphatic heterocycles. The first-order chi connectivity index (χ1) is 21.2. The van der Waals surface area contributed by atoms with E-state index in [1.165, 1.54) is 84.8 Å². The lowest BCUT2D eigenvalue weighted by molar-refractivity contribution is -0.179. The Bertz CT molecular complexity index is 1140. The molecule has 240 valence electrons. The zero-order valence-electron chi connectivity index (χ0n) is 27.3. The fraction of sp³-hybridized carbons (Fsp3) is 0.500. The van der Waals surface area contributed by atoms with Crippen LogP contribution in [0, 0.1) is 0 Å². The van der Waals surface area contributed by atoms with Gasteiger partial charge in [0.2, 0.25) is 0 Å². The van der Waals surface area contributed by atoms with Crippen LogP contribution in [0.3, 0.4) is 0 Å². The summed E-state index contributed by atoms with van der Waals surface area (Å²) in [5.41, 5.74) is 2.93. The van der Waals surface area contributed by atoms with Gasteiger partial charge in [-0.3, -0.25) is 0 Å². The van der Waals surface area contributed by atoms with Gasteiger partial charge in [-0.15, -0.1) is 17.0 Å². The Kier molecular flexibility index (Phi) is 18.2. The Balaban J connectivity index is 0.00000529. The van der Waals surface area contributed by atoms with Crippen molar-refractivity contribution in [1.29, 1.82) is 0 Å². The molecular weight excluding hydrogens is 623 g/mol. The van der Waals surface area contributed by atoms with E-state index in [0.29, 0.717) is 0 Å². The SMILES string of the molecule is Br.CCCCCCCCCCC(/C=C(\C)CCCc1ccccc1P(c1ccccc1)c1ccccc1)OC1CCCCO1. The fourth-order valence-corrected chi connectivity index (χ4v) is 8.67. The largest absolute Gasteiger partial charge is 0.353 e.